The van der Waals surface area contributed by atoms with Crippen molar-refractivity contribution < 1.29 is 5.21 Å². The normalized spacial score (nSPS) is 11.5. The van der Waals surface area contributed by atoms with Crippen LogP contribution in [0.5, 0.6) is 0 Å². The first-order valence-electron chi connectivity index (χ1n) is 3.68. The van der Waals surface area contributed by atoms with Crippen LogP contribution in [0.2, 0.25) is 0 Å². The van der Waals surface area contributed by atoms with Crippen molar-refractivity contribution in [1.82, 2.24) is 24.4 Å². The molecule has 0 aliphatic rings. The summed E-state index contributed by atoms with van der Waals surface area (Å²) in [5.74, 6) is 0. The Morgan fingerprint density at radius 3 is 3.14 bits per heavy atom. The molecule has 0 radical (unpaired) electrons. The summed E-state index contributed by atoms with van der Waals surface area (Å²) < 4.78 is 2.29. The van der Waals surface area contributed by atoms with Gasteiger partial charge in [-0.3, -0.25) is 0 Å². The minimum Gasteiger partial charge on any atom is -0.411 e. The van der Waals surface area contributed by atoms with Crippen molar-refractivity contribution in [2.75, 3.05) is 0 Å². The summed E-state index contributed by atoms with van der Waals surface area (Å²) in [6.07, 6.45) is 2.38. The van der Waals surface area contributed by atoms with Crippen molar-refractivity contribution in [3.8, 4) is 0 Å². The molecule has 0 atom stereocenters. The molecule has 0 amide bonds. The molecule has 8 nitrogen and oxygen atoms in total. The Kier molecular flexibility index (Phi) is 1.73. The van der Waals surface area contributed by atoms with Crippen LogP contribution in [0.4, 0.5) is 0 Å². The molecule has 1 N–H and O–H groups in total. The monoisotopic (exact) mass is 194 g/mol. The number of rotatable bonds is 1. The predicted molar refractivity (Wildman–Crippen MR) is 45.4 cm³/mol. The van der Waals surface area contributed by atoms with Gasteiger partial charge in [0.05, 0.1) is 6.21 Å². The van der Waals surface area contributed by atoms with E-state index in [9.17, 15) is 4.79 Å². The highest BCUT2D eigenvalue weighted by atomic mass is 16.4. The number of hydrogen-bond acceptors (Lipinski definition) is 6. The molecule has 8 heteroatoms. The lowest BCUT2D eigenvalue weighted by Gasteiger charge is -1.94. The second-order valence-electron chi connectivity index (χ2n) is 2.56. The summed E-state index contributed by atoms with van der Waals surface area (Å²) in [6.45, 7) is 0. The highest BCUT2D eigenvalue weighted by molar-refractivity contribution is 5.84. The molecule has 0 saturated heterocycles. The molecule has 2 heterocycles. The smallest absolute Gasteiger partial charge is 0.352 e. The summed E-state index contributed by atoms with van der Waals surface area (Å²) in [5, 5.41) is 18.4. The third kappa shape index (κ3) is 1.04. The van der Waals surface area contributed by atoms with E-state index in [0.717, 1.165) is 10.9 Å². The Bertz CT molecular complexity index is 553. The lowest BCUT2D eigenvalue weighted by Crippen LogP contribution is -2.27. The lowest BCUT2D eigenvalue weighted by atomic mass is 10.5. The van der Waals surface area contributed by atoms with E-state index in [1.54, 1.807) is 0 Å². The van der Waals surface area contributed by atoms with E-state index < -0.39 is 0 Å². The SMILES string of the molecule is Cn1nnc2c(/C=N\O)ncn2c1=O. The van der Waals surface area contributed by atoms with Gasteiger partial charge in [-0.1, -0.05) is 10.4 Å². The second kappa shape index (κ2) is 2.91. The lowest BCUT2D eigenvalue weighted by molar-refractivity contribution is 0.321. The minimum absolute atomic E-state index is 0.255. The third-order valence-corrected chi connectivity index (χ3v) is 1.71. The molecule has 2 aromatic heterocycles. The maximum Gasteiger partial charge on any atom is 0.352 e. The van der Waals surface area contributed by atoms with Gasteiger partial charge in [0.15, 0.2) is 5.65 Å². The molecule has 0 aliphatic heterocycles. The topological polar surface area (TPSA) is 97.7 Å². The fraction of sp³-hybridized carbons (Fsp3) is 0.167. The molecule has 2 aromatic rings. The van der Waals surface area contributed by atoms with Crippen LogP contribution in [-0.2, 0) is 7.05 Å². The van der Waals surface area contributed by atoms with Crippen molar-refractivity contribution in [1.29, 1.82) is 0 Å². The van der Waals surface area contributed by atoms with Crippen LogP contribution in [0.25, 0.3) is 5.65 Å². The molecule has 0 fully saturated rings. The Hall–Kier alpha value is -2.25. The number of nitrogens with zero attached hydrogens (tertiary/aromatic N) is 6. The van der Waals surface area contributed by atoms with Crippen molar-refractivity contribution in [2.24, 2.45) is 12.2 Å². The molecular weight excluding hydrogens is 188 g/mol. The highest BCUT2D eigenvalue weighted by Crippen LogP contribution is 1.98. The summed E-state index contributed by atoms with van der Waals surface area (Å²) in [7, 11) is 1.48. The van der Waals surface area contributed by atoms with E-state index in [0.29, 0.717) is 0 Å². The quantitative estimate of drug-likeness (QED) is 0.343. The average molecular weight is 194 g/mol. The molecule has 72 valence electrons. The Labute approximate surface area is 77.1 Å². The molecule has 0 saturated carbocycles. The van der Waals surface area contributed by atoms with Gasteiger partial charge in [0.2, 0.25) is 0 Å². The van der Waals surface area contributed by atoms with Crippen LogP contribution in [0.3, 0.4) is 0 Å². The number of fused-ring (bicyclic) bond motifs is 1. The van der Waals surface area contributed by atoms with Gasteiger partial charge in [-0.15, -0.1) is 5.10 Å². The second-order valence-corrected chi connectivity index (χ2v) is 2.56. The number of aromatic nitrogens is 5. The van der Waals surface area contributed by atoms with Crippen LogP contribution in [0.1, 0.15) is 5.69 Å². The van der Waals surface area contributed by atoms with Gasteiger partial charge in [0, 0.05) is 7.05 Å². The van der Waals surface area contributed by atoms with Gasteiger partial charge >= 0.3 is 5.69 Å². The van der Waals surface area contributed by atoms with Crippen molar-refractivity contribution >= 4 is 11.9 Å². The maximum atomic E-state index is 11.4. The van der Waals surface area contributed by atoms with Gasteiger partial charge in [0.1, 0.15) is 12.0 Å². The van der Waals surface area contributed by atoms with Crippen LogP contribution in [0.15, 0.2) is 16.3 Å². The van der Waals surface area contributed by atoms with Crippen LogP contribution >= 0.6 is 0 Å². The zero-order valence-electron chi connectivity index (χ0n) is 7.19. The summed E-state index contributed by atoms with van der Waals surface area (Å²) in [4.78, 5) is 15.2. The molecule has 0 aromatic carbocycles. The van der Waals surface area contributed by atoms with Gasteiger partial charge < -0.3 is 5.21 Å². The van der Waals surface area contributed by atoms with Crippen LogP contribution in [-0.4, -0.2) is 35.8 Å². The first-order chi connectivity index (χ1) is 6.74. The molecule has 14 heavy (non-hydrogen) atoms. The summed E-state index contributed by atoms with van der Waals surface area (Å²) >= 11 is 0. The van der Waals surface area contributed by atoms with Crippen molar-refractivity contribution in [3.63, 3.8) is 0 Å². The zero-order chi connectivity index (χ0) is 10.1. The average Bonchev–Trinajstić information content (AvgIpc) is 2.57. The highest BCUT2D eigenvalue weighted by Gasteiger charge is 2.07. The molecule has 0 unspecified atom stereocenters. The third-order valence-electron chi connectivity index (χ3n) is 1.71. The molecule has 2 rings (SSSR count). The predicted octanol–water partition coefficient (Wildman–Crippen LogP) is -1.37. The van der Waals surface area contributed by atoms with Crippen LogP contribution in [0, 0.1) is 0 Å². The van der Waals surface area contributed by atoms with E-state index in [1.165, 1.54) is 17.8 Å². The zero-order valence-corrected chi connectivity index (χ0v) is 7.19. The van der Waals surface area contributed by atoms with Gasteiger partial charge in [-0.05, 0) is 0 Å². The van der Waals surface area contributed by atoms with Gasteiger partial charge in [-0.2, -0.15) is 4.68 Å². The van der Waals surface area contributed by atoms with Crippen LogP contribution < -0.4 is 5.69 Å². The summed E-state index contributed by atoms with van der Waals surface area (Å²) in [6, 6.07) is 0. The first-order valence-corrected chi connectivity index (χ1v) is 3.68. The Balaban J connectivity index is 2.84. The molecule has 0 spiro atoms. The maximum absolute atomic E-state index is 11.4. The van der Waals surface area contributed by atoms with E-state index in [4.69, 9.17) is 5.21 Å². The van der Waals surface area contributed by atoms with Gasteiger partial charge in [-0.25, -0.2) is 14.2 Å². The fourth-order valence-electron chi connectivity index (χ4n) is 1.04. The molecule has 0 bridgehead atoms. The number of imidazole rings is 1. The Morgan fingerprint density at radius 2 is 2.43 bits per heavy atom. The van der Waals surface area contributed by atoms with Crippen molar-refractivity contribution in [2.45, 2.75) is 0 Å². The largest absolute Gasteiger partial charge is 0.411 e. The Morgan fingerprint density at radius 1 is 1.64 bits per heavy atom. The number of oxime groups is 1. The van der Waals surface area contributed by atoms with E-state index in [1.807, 2.05) is 0 Å². The summed E-state index contributed by atoms with van der Waals surface area (Å²) in [5.41, 5.74) is 0.184. The molecule has 0 aliphatic carbocycles. The standard InChI is InChI=1S/C6H6N6O2/c1-11-6(13)12-3-7-4(2-8-14)5(12)9-10-11/h2-3,14H,1H3/b8-2-. The first kappa shape index (κ1) is 8.35. The fourth-order valence-corrected chi connectivity index (χ4v) is 1.04. The number of hydrogen-bond donors (Lipinski definition) is 1. The van der Waals surface area contributed by atoms with E-state index in [2.05, 4.69) is 20.5 Å². The van der Waals surface area contributed by atoms with E-state index in [-0.39, 0.29) is 17.0 Å². The van der Waals surface area contributed by atoms with Crippen molar-refractivity contribution in [3.05, 3.63) is 22.5 Å². The van der Waals surface area contributed by atoms with Gasteiger partial charge in [0.25, 0.3) is 0 Å². The number of aryl methyl sites for hydroxylation is 1. The molecular formula is C6H6N6O2. The van der Waals surface area contributed by atoms with E-state index >= 15 is 0 Å². The minimum atomic E-state index is -0.361.